The van der Waals surface area contributed by atoms with E-state index >= 15 is 0 Å². The molecule has 0 spiro atoms. The van der Waals surface area contributed by atoms with Crippen LogP contribution in [0.2, 0.25) is 0 Å². The minimum Gasteiger partial charge on any atom is -0.366 e. The van der Waals surface area contributed by atoms with Gasteiger partial charge in [0.1, 0.15) is 11.9 Å². The molecule has 0 aliphatic rings. The Morgan fingerprint density at radius 1 is 1.62 bits per heavy atom. The molecule has 0 aromatic heterocycles. The van der Waals surface area contributed by atoms with Crippen molar-refractivity contribution in [2.24, 2.45) is 5.73 Å². The molecule has 66 valence electrons. The van der Waals surface area contributed by atoms with Gasteiger partial charge in [0.25, 0.3) is 5.91 Å². The third-order valence-electron chi connectivity index (χ3n) is 1.44. The molecule has 2 N–H and O–H groups in total. The molecule has 0 radical (unpaired) electrons. The van der Waals surface area contributed by atoms with E-state index in [1.165, 1.54) is 6.07 Å². The molecule has 0 saturated heterocycles. The third-order valence-corrected chi connectivity index (χ3v) is 2.34. The van der Waals surface area contributed by atoms with Gasteiger partial charge >= 0.3 is 0 Å². The number of primary amides is 1. The Hall–Kier alpha value is -1.16. The van der Waals surface area contributed by atoms with E-state index in [4.69, 9.17) is 11.0 Å². The number of benzene rings is 1. The Morgan fingerprint density at radius 2 is 2.23 bits per heavy atom. The van der Waals surface area contributed by atoms with Crippen molar-refractivity contribution >= 4 is 28.5 Å². The van der Waals surface area contributed by atoms with Crippen molar-refractivity contribution < 1.29 is 9.18 Å². The van der Waals surface area contributed by atoms with Crippen LogP contribution < -0.4 is 5.73 Å². The van der Waals surface area contributed by atoms with Gasteiger partial charge in [-0.05, 0) is 34.7 Å². The summed E-state index contributed by atoms with van der Waals surface area (Å²) < 4.78 is 13.5. The zero-order chi connectivity index (χ0) is 10.0. The Kier molecular flexibility index (Phi) is 2.83. The first-order valence-electron chi connectivity index (χ1n) is 3.25. The van der Waals surface area contributed by atoms with Crippen LogP contribution in [0.25, 0.3) is 0 Å². The van der Waals surface area contributed by atoms with Crippen molar-refractivity contribution in [3.05, 3.63) is 32.6 Å². The van der Waals surface area contributed by atoms with Gasteiger partial charge in [0.2, 0.25) is 0 Å². The monoisotopic (exact) mass is 290 g/mol. The quantitative estimate of drug-likeness (QED) is 0.794. The van der Waals surface area contributed by atoms with Gasteiger partial charge in [-0.2, -0.15) is 5.26 Å². The van der Waals surface area contributed by atoms with Crippen LogP contribution in [0.3, 0.4) is 0 Å². The first-order valence-corrected chi connectivity index (χ1v) is 4.33. The average Bonchev–Trinajstić information content (AvgIpc) is 2.07. The number of carbonyl (C=O) groups excluding carboxylic acids is 1. The van der Waals surface area contributed by atoms with E-state index in [-0.39, 0.29) is 11.1 Å². The van der Waals surface area contributed by atoms with Crippen molar-refractivity contribution in [3.63, 3.8) is 0 Å². The molecule has 0 atom stereocenters. The van der Waals surface area contributed by atoms with Crippen molar-refractivity contribution in [1.82, 2.24) is 0 Å². The van der Waals surface area contributed by atoms with Crippen LogP contribution in [0.4, 0.5) is 4.39 Å². The minimum absolute atomic E-state index is 0.191. The van der Waals surface area contributed by atoms with Crippen LogP contribution in [0.15, 0.2) is 12.1 Å². The predicted molar refractivity (Wildman–Crippen MR) is 52.3 cm³/mol. The molecule has 0 aliphatic carbocycles. The summed E-state index contributed by atoms with van der Waals surface area (Å²) in [5, 5.41) is 8.53. The zero-order valence-corrected chi connectivity index (χ0v) is 8.50. The molecular weight excluding hydrogens is 286 g/mol. The standard InChI is InChI=1S/C8H4FIN2O/c9-6-1-4(3-11)7(10)2-5(6)8(12)13/h1-2H,(H2,12,13). The van der Waals surface area contributed by atoms with Crippen LogP contribution in [-0.4, -0.2) is 5.91 Å². The lowest BCUT2D eigenvalue weighted by atomic mass is 10.1. The van der Waals surface area contributed by atoms with E-state index in [9.17, 15) is 9.18 Å². The molecule has 0 fully saturated rings. The summed E-state index contributed by atoms with van der Waals surface area (Å²) >= 11 is 1.84. The molecule has 3 nitrogen and oxygen atoms in total. The largest absolute Gasteiger partial charge is 0.366 e. The molecule has 1 aromatic carbocycles. The zero-order valence-electron chi connectivity index (χ0n) is 6.34. The van der Waals surface area contributed by atoms with E-state index in [1.807, 2.05) is 22.6 Å². The van der Waals surface area contributed by atoms with Gasteiger partial charge in [-0.25, -0.2) is 4.39 Å². The molecule has 13 heavy (non-hydrogen) atoms. The molecular formula is C8H4FIN2O. The Balaban J connectivity index is 3.39. The lowest BCUT2D eigenvalue weighted by Gasteiger charge is -2.00. The highest BCUT2D eigenvalue weighted by atomic mass is 127. The first-order chi connectivity index (χ1) is 6.06. The van der Waals surface area contributed by atoms with Crippen LogP contribution >= 0.6 is 22.6 Å². The number of hydrogen-bond acceptors (Lipinski definition) is 2. The fraction of sp³-hybridized carbons (Fsp3) is 0. The van der Waals surface area contributed by atoms with Crippen LogP contribution in [0.1, 0.15) is 15.9 Å². The van der Waals surface area contributed by atoms with E-state index in [0.29, 0.717) is 3.57 Å². The Morgan fingerprint density at radius 3 is 2.69 bits per heavy atom. The fourth-order valence-corrected chi connectivity index (χ4v) is 1.41. The second-order valence-electron chi connectivity index (χ2n) is 2.29. The van der Waals surface area contributed by atoms with Crippen molar-refractivity contribution in [1.29, 1.82) is 5.26 Å². The Labute approximate surface area is 87.5 Å². The normalized spacial score (nSPS) is 9.31. The van der Waals surface area contributed by atoms with Crippen LogP contribution in [0, 0.1) is 20.7 Å². The van der Waals surface area contributed by atoms with Gasteiger partial charge in [0.15, 0.2) is 0 Å². The summed E-state index contributed by atoms with van der Waals surface area (Å²) in [5.41, 5.74) is 4.92. The average molecular weight is 290 g/mol. The number of nitrogens with zero attached hydrogens (tertiary/aromatic N) is 1. The number of nitriles is 1. The number of nitrogens with two attached hydrogens (primary N) is 1. The second-order valence-corrected chi connectivity index (χ2v) is 3.45. The highest BCUT2D eigenvalue weighted by Gasteiger charge is 2.11. The highest BCUT2D eigenvalue weighted by molar-refractivity contribution is 14.1. The lowest BCUT2D eigenvalue weighted by Crippen LogP contribution is -2.13. The SMILES string of the molecule is N#Cc1cc(F)c(C(N)=O)cc1I. The fourth-order valence-electron chi connectivity index (χ4n) is 0.821. The summed E-state index contributed by atoms with van der Waals surface area (Å²) in [6.07, 6.45) is 0. The smallest absolute Gasteiger partial charge is 0.251 e. The van der Waals surface area contributed by atoms with E-state index in [0.717, 1.165) is 6.07 Å². The molecule has 1 amide bonds. The maximum Gasteiger partial charge on any atom is 0.251 e. The van der Waals surface area contributed by atoms with E-state index in [2.05, 4.69) is 0 Å². The number of amides is 1. The minimum atomic E-state index is -0.833. The summed E-state index contributed by atoms with van der Waals surface area (Å²) in [5.74, 6) is -1.59. The predicted octanol–water partition coefficient (Wildman–Crippen LogP) is 1.40. The Bertz CT molecular complexity index is 411. The van der Waals surface area contributed by atoms with Gasteiger partial charge < -0.3 is 5.73 Å². The first kappa shape index (κ1) is 9.92. The molecule has 1 aromatic rings. The van der Waals surface area contributed by atoms with Crippen molar-refractivity contribution in [3.8, 4) is 6.07 Å². The summed E-state index contributed by atoms with van der Waals surface area (Å²) in [6.45, 7) is 0. The molecule has 0 saturated carbocycles. The molecule has 0 aliphatic heterocycles. The second kappa shape index (κ2) is 3.70. The van der Waals surface area contributed by atoms with Gasteiger partial charge in [0.05, 0.1) is 11.1 Å². The molecule has 0 bridgehead atoms. The van der Waals surface area contributed by atoms with Gasteiger partial charge in [-0.1, -0.05) is 0 Å². The summed E-state index contributed by atoms with van der Waals surface area (Å²) in [7, 11) is 0. The highest BCUT2D eigenvalue weighted by Crippen LogP contribution is 2.16. The number of hydrogen-bond donors (Lipinski definition) is 1. The number of halogens is 2. The number of carbonyl (C=O) groups is 1. The molecule has 1 rings (SSSR count). The van der Waals surface area contributed by atoms with E-state index < -0.39 is 11.7 Å². The topological polar surface area (TPSA) is 66.9 Å². The van der Waals surface area contributed by atoms with Gasteiger partial charge in [-0.15, -0.1) is 0 Å². The van der Waals surface area contributed by atoms with Crippen LogP contribution in [0.5, 0.6) is 0 Å². The summed E-state index contributed by atoms with van der Waals surface area (Å²) in [4.78, 5) is 10.7. The molecule has 0 heterocycles. The van der Waals surface area contributed by atoms with E-state index in [1.54, 1.807) is 6.07 Å². The van der Waals surface area contributed by atoms with Crippen molar-refractivity contribution in [2.45, 2.75) is 0 Å². The van der Waals surface area contributed by atoms with Crippen LogP contribution in [-0.2, 0) is 0 Å². The molecule has 5 heteroatoms. The van der Waals surface area contributed by atoms with Gasteiger partial charge in [-0.3, -0.25) is 4.79 Å². The molecule has 0 unspecified atom stereocenters. The lowest BCUT2D eigenvalue weighted by molar-refractivity contribution is 0.0996. The van der Waals surface area contributed by atoms with Crippen molar-refractivity contribution in [2.75, 3.05) is 0 Å². The van der Waals surface area contributed by atoms with Gasteiger partial charge in [0, 0.05) is 3.57 Å². The third kappa shape index (κ3) is 1.95. The maximum atomic E-state index is 13.0. The number of rotatable bonds is 1. The summed E-state index contributed by atoms with van der Waals surface area (Å²) in [6, 6.07) is 4.07. The maximum absolute atomic E-state index is 13.0.